The van der Waals surface area contributed by atoms with Crippen molar-refractivity contribution in [3.05, 3.63) is 88.7 Å². The van der Waals surface area contributed by atoms with Gasteiger partial charge in [0.2, 0.25) is 5.88 Å². The number of phenols is 1. The van der Waals surface area contributed by atoms with Crippen LogP contribution in [0.2, 0.25) is 0 Å². The third-order valence-corrected chi connectivity index (χ3v) is 6.33. The summed E-state index contributed by atoms with van der Waals surface area (Å²) in [4.78, 5) is 0.615. The number of aromatic hydroxyl groups is 3. The van der Waals surface area contributed by atoms with E-state index in [2.05, 4.69) is 12.2 Å². The number of thioether (sulfide) groups is 1. The lowest BCUT2D eigenvalue weighted by Crippen LogP contribution is -2.12. The van der Waals surface area contributed by atoms with Crippen molar-refractivity contribution in [1.82, 2.24) is 4.57 Å². The van der Waals surface area contributed by atoms with Gasteiger partial charge in [0, 0.05) is 28.8 Å². The minimum absolute atomic E-state index is 0.0108. The van der Waals surface area contributed by atoms with Gasteiger partial charge in [0.15, 0.2) is 5.88 Å². The van der Waals surface area contributed by atoms with E-state index < -0.39 is 0 Å². The van der Waals surface area contributed by atoms with Gasteiger partial charge < -0.3 is 20.1 Å². The number of rotatable bonds is 3. The Labute approximate surface area is 184 Å². The van der Waals surface area contributed by atoms with E-state index in [0.29, 0.717) is 16.3 Å². The topological polar surface area (TPSA) is 74.9 Å². The summed E-state index contributed by atoms with van der Waals surface area (Å²) in [7, 11) is 0. The van der Waals surface area contributed by atoms with Crippen molar-refractivity contribution in [3.8, 4) is 28.9 Å². The molecule has 156 valence electrons. The van der Waals surface area contributed by atoms with E-state index >= 15 is 0 Å². The number of ether oxygens (including phenoxy) is 1. The predicted molar refractivity (Wildman–Crippen MR) is 122 cm³/mol. The van der Waals surface area contributed by atoms with Crippen molar-refractivity contribution < 1.29 is 20.1 Å². The number of fused-ring (bicyclic) bond motifs is 2. The van der Waals surface area contributed by atoms with E-state index in [1.54, 1.807) is 18.2 Å². The molecule has 2 heterocycles. The highest BCUT2D eigenvalue weighted by Gasteiger charge is 2.27. The van der Waals surface area contributed by atoms with Gasteiger partial charge in [-0.3, -0.25) is 4.57 Å². The van der Waals surface area contributed by atoms with Gasteiger partial charge in [0.1, 0.15) is 17.3 Å². The molecule has 1 aliphatic heterocycles. The van der Waals surface area contributed by atoms with E-state index in [1.165, 1.54) is 16.3 Å². The Morgan fingerprint density at radius 3 is 2.55 bits per heavy atom. The van der Waals surface area contributed by atoms with Crippen LogP contribution in [0.1, 0.15) is 23.1 Å². The van der Waals surface area contributed by atoms with Crippen LogP contribution in [0.3, 0.4) is 0 Å². The summed E-state index contributed by atoms with van der Waals surface area (Å²) in [5.74, 6) is 1.57. The van der Waals surface area contributed by atoms with E-state index in [4.69, 9.17) is 4.74 Å². The maximum absolute atomic E-state index is 10.5. The fourth-order valence-corrected chi connectivity index (χ4v) is 4.65. The zero-order chi connectivity index (χ0) is 21.7. The Morgan fingerprint density at radius 1 is 1.00 bits per heavy atom. The van der Waals surface area contributed by atoms with Gasteiger partial charge in [-0.2, -0.15) is 0 Å². The molecule has 0 saturated heterocycles. The van der Waals surface area contributed by atoms with Crippen molar-refractivity contribution in [3.63, 3.8) is 0 Å². The Hall–Kier alpha value is -3.51. The van der Waals surface area contributed by atoms with Gasteiger partial charge in [-0.05, 0) is 61.1 Å². The van der Waals surface area contributed by atoms with E-state index in [9.17, 15) is 15.3 Å². The fraction of sp³-hybridized carbons (Fsp3) is 0.120. The molecule has 0 bridgehead atoms. The first-order chi connectivity index (χ1) is 15.0. The average Bonchev–Trinajstić information content (AvgIpc) is 3.05. The number of hydrogen-bond donors (Lipinski definition) is 3. The number of aryl methyl sites for hydroxylation is 1. The molecule has 0 unspecified atom stereocenters. The first kappa shape index (κ1) is 19.5. The van der Waals surface area contributed by atoms with E-state index in [1.807, 2.05) is 43.5 Å². The Kier molecular flexibility index (Phi) is 4.59. The van der Waals surface area contributed by atoms with Crippen LogP contribution in [0.25, 0.3) is 11.3 Å². The smallest absolute Gasteiger partial charge is 0.212 e. The summed E-state index contributed by atoms with van der Waals surface area (Å²) >= 11 is 1.37. The largest absolute Gasteiger partial charge is 0.508 e. The lowest BCUT2D eigenvalue weighted by atomic mass is 9.86. The van der Waals surface area contributed by atoms with E-state index in [0.717, 1.165) is 40.0 Å². The maximum atomic E-state index is 10.5. The number of allylic oxidation sites excluding steroid dienone is 3. The highest BCUT2D eigenvalue weighted by molar-refractivity contribution is 7.98. The van der Waals surface area contributed by atoms with Crippen molar-refractivity contribution in [1.29, 1.82) is 0 Å². The number of phenolic OH excluding ortho intramolecular Hbond substituents is 1. The Bertz CT molecular complexity index is 1310. The van der Waals surface area contributed by atoms with Crippen LogP contribution in [0.4, 0.5) is 0 Å². The second-order valence-corrected chi connectivity index (χ2v) is 8.35. The molecule has 0 fully saturated rings. The molecule has 5 rings (SSSR count). The van der Waals surface area contributed by atoms with Crippen LogP contribution in [-0.4, -0.2) is 26.1 Å². The molecule has 0 radical (unpaired) electrons. The first-order valence-corrected chi connectivity index (χ1v) is 11.1. The third kappa shape index (κ3) is 3.11. The van der Waals surface area contributed by atoms with Gasteiger partial charge in [-0.1, -0.05) is 18.2 Å². The fourth-order valence-electron chi connectivity index (χ4n) is 4.15. The molecule has 6 heteroatoms. The molecule has 3 aromatic rings. The summed E-state index contributed by atoms with van der Waals surface area (Å²) in [6.07, 6.45) is 8.84. The maximum Gasteiger partial charge on any atom is 0.212 e. The standard InChI is InChI=1S/C25H21NO4S/c1-14-11-15(26-23(28)13-22(31-2)25(26)29)7-9-17(14)24-18-5-3-4-6-20(18)30-21-12-16(27)8-10-19(21)24/h3,5-13,27-29H,4H2,1-2H3. The molecule has 2 aliphatic rings. The second-order valence-electron chi connectivity index (χ2n) is 7.51. The summed E-state index contributed by atoms with van der Waals surface area (Å²) in [6, 6.07) is 12.5. The van der Waals surface area contributed by atoms with E-state index in [-0.39, 0.29) is 17.5 Å². The molecule has 0 amide bonds. The molecule has 1 aliphatic carbocycles. The van der Waals surface area contributed by atoms with Gasteiger partial charge in [-0.25, -0.2) is 0 Å². The molecule has 1 aromatic heterocycles. The van der Waals surface area contributed by atoms with Gasteiger partial charge >= 0.3 is 0 Å². The normalized spacial score (nSPS) is 14.7. The molecule has 0 atom stereocenters. The molecule has 31 heavy (non-hydrogen) atoms. The Balaban J connectivity index is 1.69. The van der Waals surface area contributed by atoms with Crippen LogP contribution in [0, 0.1) is 6.92 Å². The van der Waals surface area contributed by atoms with Crippen molar-refractivity contribution in [2.24, 2.45) is 0 Å². The van der Waals surface area contributed by atoms with Gasteiger partial charge in [0.25, 0.3) is 0 Å². The summed E-state index contributed by atoms with van der Waals surface area (Å²) in [5, 5.41) is 30.8. The molecule has 0 spiro atoms. The molecule has 2 aromatic carbocycles. The number of aromatic nitrogens is 1. The zero-order valence-corrected chi connectivity index (χ0v) is 17.9. The highest BCUT2D eigenvalue weighted by atomic mass is 32.2. The van der Waals surface area contributed by atoms with Crippen LogP contribution >= 0.6 is 11.8 Å². The SMILES string of the molecule is CSc1cc(O)n(-c2ccc(C3=C4C=CCC=C4Oc4cc(O)ccc43)c(C)c2)c1O. The zero-order valence-electron chi connectivity index (χ0n) is 17.1. The highest BCUT2D eigenvalue weighted by Crippen LogP contribution is 2.45. The summed E-state index contributed by atoms with van der Waals surface area (Å²) < 4.78 is 7.50. The first-order valence-electron chi connectivity index (χ1n) is 9.89. The Morgan fingerprint density at radius 2 is 1.81 bits per heavy atom. The number of benzene rings is 2. The minimum atomic E-state index is -0.0108. The van der Waals surface area contributed by atoms with Crippen molar-refractivity contribution >= 4 is 17.3 Å². The molecule has 0 saturated carbocycles. The van der Waals surface area contributed by atoms with Crippen molar-refractivity contribution in [2.75, 3.05) is 6.26 Å². The monoisotopic (exact) mass is 431 g/mol. The minimum Gasteiger partial charge on any atom is -0.508 e. The summed E-state index contributed by atoms with van der Waals surface area (Å²) in [5.41, 5.74) is 5.61. The molecular weight excluding hydrogens is 410 g/mol. The molecule has 3 N–H and O–H groups in total. The van der Waals surface area contributed by atoms with Crippen LogP contribution in [0.15, 0.2) is 76.9 Å². The lowest BCUT2D eigenvalue weighted by Gasteiger charge is -2.27. The predicted octanol–water partition coefficient (Wildman–Crippen LogP) is 5.66. The number of nitrogens with zero attached hydrogens (tertiary/aromatic N) is 1. The van der Waals surface area contributed by atoms with Gasteiger partial charge in [0.05, 0.1) is 10.6 Å². The third-order valence-electron chi connectivity index (χ3n) is 5.59. The van der Waals surface area contributed by atoms with Gasteiger partial charge in [-0.15, -0.1) is 11.8 Å². The quantitative estimate of drug-likeness (QED) is 0.467. The summed E-state index contributed by atoms with van der Waals surface area (Å²) in [6.45, 7) is 2.00. The lowest BCUT2D eigenvalue weighted by molar-refractivity contribution is 0.398. The number of hydrogen-bond acceptors (Lipinski definition) is 5. The van der Waals surface area contributed by atoms with Crippen LogP contribution in [0.5, 0.6) is 23.3 Å². The van der Waals surface area contributed by atoms with Crippen molar-refractivity contribution in [2.45, 2.75) is 18.2 Å². The van der Waals surface area contributed by atoms with Crippen LogP contribution < -0.4 is 4.74 Å². The van der Waals surface area contributed by atoms with Crippen LogP contribution in [-0.2, 0) is 0 Å². The molecule has 5 nitrogen and oxygen atoms in total. The molecular formula is C25H21NO4S. The second kappa shape index (κ2) is 7.32. The average molecular weight is 432 g/mol.